The van der Waals surface area contributed by atoms with Crippen LogP contribution in [0, 0.1) is 0 Å². The number of anilines is 1. The molecule has 0 amide bonds. The van der Waals surface area contributed by atoms with Crippen molar-refractivity contribution < 1.29 is 0 Å². The summed E-state index contributed by atoms with van der Waals surface area (Å²) in [4.78, 5) is 19.6. The minimum Gasteiger partial charge on any atom is -0.355 e. The number of aromatic nitrogens is 4. The molecule has 6 nitrogen and oxygen atoms in total. The fourth-order valence-electron chi connectivity index (χ4n) is 2.76. The molecule has 0 atom stereocenters. The zero-order chi connectivity index (χ0) is 18.0. The van der Waals surface area contributed by atoms with E-state index in [9.17, 15) is 4.79 Å². The lowest BCUT2D eigenvalue weighted by Crippen LogP contribution is -2.24. The van der Waals surface area contributed by atoms with Gasteiger partial charge in [0.2, 0.25) is 5.95 Å². The first-order valence-electron chi connectivity index (χ1n) is 8.68. The smallest absolute Gasteiger partial charge is 0.263 e. The van der Waals surface area contributed by atoms with E-state index in [4.69, 9.17) is 0 Å². The van der Waals surface area contributed by atoms with Crippen molar-refractivity contribution in [2.75, 3.05) is 11.9 Å². The van der Waals surface area contributed by atoms with Gasteiger partial charge >= 0.3 is 0 Å². The lowest BCUT2D eigenvalue weighted by atomic mass is 10.1. The molecular formula is C19H25N5O. The van der Waals surface area contributed by atoms with Gasteiger partial charge in [0.1, 0.15) is 5.39 Å². The Morgan fingerprint density at radius 3 is 2.48 bits per heavy atom. The summed E-state index contributed by atoms with van der Waals surface area (Å²) in [5, 5.41) is 8.04. The van der Waals surface area contributed by atoms with Crippen molar-refractivity contribution in [3.8, 4) is 0 Å². The molecule has 2 heterocycles. The molecule has 0 aliphatic carbocycles. The van der Waals surface area contributed by atoms with E-state index in [0.29, 0.717) is 23.5 Å². The van der Waals surface area contributed by atoms with Gasteiger partial charge in [0, 0.05) is 6.54 Å². The van der Waals surface area contributed by atoms with Gasteiger partial charge in [0.15, 0.2) is 5.65 Å². The molecule has 3 rings (SSSR count). The summed E-state index contributed by atoms with van der Waals surface area (Å²) in [5.41, 5.74) is 2.79. The number of hydrogen-bond acceptors (Lipinski definition) is 4. The molecule has 132 valence electrons. The molecule has 0 radical (unpaired) electrons. The average Bonchev–Trinajstić information content (AvgIpc) is 3.00. The predicted molar refractivity (Wildman–Crippen MR) is 101 cm³/mol. The van der Waals surface area contributed by atoms with Crippen molar-refractivity contribution in [3.05, 3.63) is 51.9 Å². The Labute approximate surface area is 147 Å². The molecule has 0 bridgehead atoms. The Bertz CT molecular complexity index is 916. The van der Waals surface area contributed by atoms with Gasteiger partial charge in [-0.3, -0.25) is 9.78 Å². The first-order chi connectivity index (χ1) is 11.9. The van der Waals surface area contributed by atoms with Gasteiger partial charge in [-0.2, -0.15) is 10.1 Å². The number of rotatable bonds is 5. The molecule has 6 heteroatoms. The number of aryl methyl sites for hydroxylation is 1. The Balaban J connectivity index is 1.76. The van der Waals surface area contributed by atoms with E-state index < -0.39 is 0 Å². The summed E-state index contributed by atoms with van der Waals surface area (Å²) in [6.45, 7) is 8.96. The lowest BCUT2D eigenvalue weighted by Gasteiger charge is -2.19. The zero-order valence-electron chi connectivity index (χ0n) is 15.3. The summed E-state index contributed by atoms with van der Waals surface area (Å²) < 4.78 is 1.78. The summed E-state index contributed by atoms with van der Waals surface area (Å²) in [7, 11) is 0. The van der Waals surface area contributed by atoms with E-state index in [1.807, 2.05) is 20.8 Å². The van der Waals surface area contributed by atoms with Crippen LogP contribution < -0.4 is 10.9 Å². The van der Waals surface area contributed by atoms with E-state index in [1.165, 1.54) is 11.1 Å². The molecule has 0 saturated heterocycles. The van der Waals surface area contributed by atoms with E-state index in [0.717, 1.165) is 12.8 Å². The molecule has 0 saturated carbocycles. The second-order valence-corrected chi connectivity index (χ2v) is 7.23. The molecule has 3 aromatic rings. The first kappa shape index (κ1) is 17.2. The highest BCUT2D eigenvalue weighted by Gasteiger charge is 2.19. The predicted octanol–water partition coefficient (Wildman–Crippen LogP) is 3.09. The van der Waals surface area contributed by atoms with Gasteiger partial charge in [-0.1, -0.05) is 31.2 Å². The number of benzene rings is 1. The monoisotopic (exact) mass is 339 g/mol. The molecule has 2 aromatic heterocycles. The van der Waals surface area contributed by atoms with Crippen molar-refractivity contribution in [1.29, 1.82) is 0 Å². The van der Waals surface area contributed by atoms with Gasteiger partial charge in [-0.15, -0.1) is 0 Å². The van der Waals surface area contributed by atoms with Crippen LogP contribution in [0.5, 0.6) is 0 Å². The number of H-pyrrole nitrogens is 1. The van der Waals surface area contributed by atoms with Crippen molar-refractivity contribution in [2.24, 2.45) is 0 Å². The zero-order valence-corrected chi connectivity index (χ0v) is 15.3. The molecule has 0 spiro atoms. The SMILES string of the molecule is CCc1ccc(CCNc2nc3c(cnn3C(C)(C)C)c(=O)[nH]2)cc1. The third kappa shape index (κ3) is 3.73. The highest BCUT2D eigenvalue weighted by atomic mass is 16.1. The maximum absolute atomic E-state index is 12.3. The number of nitrogens with one attached hydrogen (secondary N) is 2. The largest absolute Gasteiger partial charge is 0.355 e. The molecule has 0 aliphatic heterocycles. The highest BCUT2D eigenvalue weighted by Crippen LogP contribution is 2.18. The summed E-state index contributed by atoms with van der Waals surface area (Å²) in [6.07, 6.45) is 3.49. The molecule has 0 unspecified atom stereocenters. The minimum absolute atomic E-state index is 0.171. The number of hydrogen-bond donors (Lipinski definition) is 2. The van der Waals surface area contributed by atoms with Crippen molar-refractivity contribution in [1.82, 2.24) is 19.7 Å². The fourth-order valence-corrected chi connectivity index (χ4v) is 2.76. The molecule has 25 heavy (non-hydrogen) atoms. The Morgan fingerprint density at radius 2 is 1.84 bits per heavy atom. The van der Waals surface area contributed by atoms with Crippen LogP contribution in [0.1, 0.15) is 38.8 Å². The van der Waals surface area contributed by atoms with E-state index in [-0.39, 0.29) is 11.1 Å². The Kier molecular flexibility index (Phi) is 4.61. The van der Waals surface area contributed by atoms with Crippen LogP contribution in [0.4, 0.5) is 5.95 Å². The summed E-state index contributed by atoms with van der Waals surface area (Å²) >= 11 is 0. The topological polar surface area (TPSA) is 75.6 Å². The third-order valence-electron chi connectivity index (χ3n) is 4.21. The first-order valence-corrected chi connectivity index (χ1v) is 8.68. The second-order valence-electron chi connectivity index (χ2n) is 7.23. The van der Waals surface area contributed by atoms with Gasteiger partial charge < -0.3 is 5.32 Å². The van der Waals surface area contributed by atoms with Crippen LogP contribution in [0.2, 0.25) is 0 Å². The normalized spacial score (nSPS) is 11.8. The van der Waals surface area contributed by atoms with Gasteiger partial charge in [-0.05, 0) is 44.7 Å². The third-order valence-corrected chi connectivity index (χ3v) is 4.21. The maximum Gasteiger partial charge on any atom is 0.263 e. The standard InChI is InChI=1S/C19H25N5O/c1-5-13-6-8-14(9-7-13)10-11-20-18-22-16-15(17(25)23-18)12-21-24(16)19(2,3)4/h6-9,12H,5,10-11H2,1-4H3,(H2,20,22,23,25). The summed E-state index contributed by atoms with van der Waals surface area (Å²) in [5.74, 6) is 0.480. The number of fused-ring (bicyclic) bond motifs is 1. The molecule has 2 N–H and O–H groups in total. The lowest BCUT2D eigenvalue weighted by molar-refractivity contribution is 0.366. The molecule has 0 aliphatic rings. The van der Waals surface area contributed by atoms with Crippen LogP contribution in [0.15, 0.2) is 35.3 Å². The minimum atomic E-state index is -0.235. The van der Waals surface area contributed by atoms with Gasteiger partial charge in [0.05, 0.1) is 11.7 Å². The fraction of sp³-hybridized carbons (Fsp3) is 0.421. The van der Waals surface area contributed by atoms with Gasteiger partial charge in [-0.25, -0.2) is 4.68 Å². The number of nitrogens with zero attached hydrogens (tertiary/aromatic N) is 3. The molecule has 1 aromatic carbocycles. The van der Waals surface area contributed by atoms with Crippen LogP contribution in [0.25, 0.3) is 11.0 Å². The van der Waals surface area contributed by atoms with Crippen molar-refractivity contribution in [3.63, 3.8) is 0 Å². The second kappa shape index (κ2) is 6.70. The highest BCUT2D eigenvalue weighted by molar-refractivity contribution is 5.74. The van der Waals surface area contributed by atoms with Crippen LogP contribution in [-0.2, 0) is 18.4 Å². The van der Waals surface area contributed by atoms with Crippen LogP contribution >= 0.6 is 0 Å². The summed E-state index contributed by atoms with van der Waals surface area (Å²) in [6, 6.07) is 8.61. The average molecular weight is 339 g/mol. The molecular weight excluding hydrogens is 314 g/mol. The van der Waals surface area contributed by atoms with E-state index in [2.05, 4.69) is 51.6 Å². The number of aromatic amines is 1. The van der Waals surface area contributed by atoms with Crippen molar-refractivity contribution >= 4 is 17.0 Å². The van der Waals surface area contributed by atoms with Crippen LogP contribution in [-0.4, -0.2) is 26.3 Å². The molecule has 0 fully saturated rings. The Morgan fingerprint density at radius 1 is 1.16 bits per heavy atom. The van der Waals surface area contributed by atoms with E-state index in [1.54, 1.807) is 10.9 Å². The quantitative estimate of drug-likeness (QED) is 0.749. The van der Waals surface area contributed by atoms with Crippen molar-refractivity contribution in [2.45, 2.75) is 46.1 Å². The Hall–Kier alpha value is -2.63. The van der Waals surface area contributed by atoms with E-state index >= 15 is 0 Å². The van der Waals surface area contributed by atoms with Gasteiger partial charge in [0.25, 0.3) is 5.56 Å². The maximum atomic E-state index is 12.3. The van der Waals surface area contributed by atoms with Crippen LogP contribution in [0.3, 0.4) is 0 Å².